The van der Waals surface area contributed by atoms with Gasteiger partial charge >= 0.3 is 11.0 Å². The summed E-state index contributed by atoms with van der Waals surface area (Å²) in [6, 6.07) is 5.69. The van der Waals surface area contributed by atoms with Gasteiger partial charge in [0, 0.05) is 5.57 Å². The first-order valence-corrected chi connectivity index (χ1v) is 15.5. The molecule has 14 heteroatoms. The SMILES string of the molecule is CCCCCC[N+](C)(C)CCC.N=C1C2=Cc3ccccc3C2=CC(S(=O)(=O)C(F)(F)F)=C1S(=O)(=O)C(F)(F)F. The summed E-state index contributed by atoms with van der Waals surface area (Å²) < 4.78 is 127. The Hall–Kier alpha value is -2.45. The zero-order chi connectivity index (χ0) is 30.7. The number of halogens is 6. The van der Waals surface area contributed by atoms with Crippen LogP contribution in [0, 0.1) is 5.41 Å². The van der Waals surface area contributed by atoms with Gasteiger partial charge in [-0.3, -0.25) is 5.41 Å². The van der Waals surface area contributed by atoms with Crippen LogP contribution in [0.1, 0.15) is 57.1 Å². The van der Waals surface area contributed by atoms with Crippen molar-refractivity contribution in [2.75, 3.05) is 27.2 Å². The number of sulfone groups is 2. The summed E-state index contributed by atoms with van der Waals surface area (Å²) in [4.78, 5) is -4.38. The highest BCUT2D eigenvalue weighted by molar-refractivity contribution is 8.00. The molecule has 0 fully saturated rings. The lowest BCUT2D eigenvalue weighted by Gasteiger charge is -2.29. The molecule has 0 bridgehead atoms. The van der Waals surface area contributed by atoms with Crippen LogP contribution in [0.3, 0.4) is 0 Å². The lowest BCUT2D eigenvalue weighted by atomic mass is 9.95. The van der Waals surface area contributed by atoms with Gasteiger partial charge in [-0.2, -0.15) is 26.3 Å². The second kappa shape index (κ2) is 12.2. The molecule has 0 aromatic heterocycles. The molecule has 1 aromatic carbocycles. The third-order valence-electron chi connectivity index (χ3n) is 6.45. The highest BCUT2D eigenvalue weighted by atomic mass is 32.2. The third kappa shape index (κ3) is 7.06. The smallest absolute Gasteiger partial charge is 0.328 e. The van der Waals surface area contributed by atoms with Gasteiger partial charge in [-0.05, 0) is 48.1 Å². The average Bonchev–Trinajstić information content (AvgIpc) is 3.20. The standard InChI is InChI=1S/C15H7F6NO4S2.C11H26N/c16-14(17,18)27(23,24)11-6-9-8-4-2-1-3-7(8)5-10(9)12(22)13(11)28(25,26)15(19,20)21;1-5-7-8-9-11-12(3,4)10-6-2/h1-6,22H;5-11H2,1-4H3/q;+1. The first kappa shape index (κ1) is 33.8. The number of hydrogen-bond donors (Lipinski definition) is 1. The second-order valence-electron chi connectivity index (χ2n) is 10.1. The normalized spacial score (nSPS) is 16.1. The molecule has 0 unspecified atom stereocenters. The molecule has 224 valence electrons. The molecular formula is C26H33F6N2O4S2+. The largest absolute Gasteiger partial charge is 0.502 e. The van der Waals surface area contributed by atoms with Crippen LogP contribution in [0.15, 0.2) is 45.7 Å². The molecule has 3 rings (SSSR count). The Morgan fingerprint density at radius 3 is 1.85 bits per heavy atom. The van der Waals surface area contributed by atoms with Crippen LogP contribution < -0.4 is 0 Å². The summed E-state index contributed by atoms with van der Waals surface area (Å²) in [6.45, 7) is 7.22. The fourth-order valence-corrected chi connectivity index (χ4v) is 6.90. The molecule has 0 spiro atoms. The van der Waals surface area contributed by atoms with Crippen LogP contribution in [0.25, 0.3) is 11.6 Å². The Bertz CT molecular complexity index is 1440. The van der Waals surface area contributed by atoms with E-state index < -0.39 is 51.8 Å². The monoisotopic (exact) mass is 615 g/mol. The summed E-state index contributed by atoms with van der Waals surface area (Å²) in [6.07, 6.45) is 8.21. The minimum atomic E-state index is -6.58. The zero-order valence-electron chi connectivity index (χ0n) is 22.6. The maximum Gasteiger partial charge on any atom is 0.502 e. The fourth-order valence-electron chi connectivity index (χ4n) is 4.44. The number of hydrogen-bond acceptors (Lipinski definition) is 5. The first-order valence-electron chi connectivity index (χ1n) is 12.5. The van der Waals surface area contributed by atoms with Gasteiger partial charge in [0.1, 0.15) is 4.91 Å². The molecular weight excluding hydrogens is 582 g/mol. The molecule has 0 amide bonds. The molecule has 2 aliphatic rings. The summed E-state index contributed by atoms with van der Waals surface area (Å²) in [5.41, 5.74) is -13.9. The van der Waals surface area contributed by atoms with Crippen LogP contribution in [-0.2, 0) is 19.7 Å². The summed E-state index contributed by atoms with van der Waals surface area (Å²) in [7, 11) is -8.40. The molecule has 0 saturated heterocycles. The van der Waals surface area contributed by atoms with Crippen LogP contribution in [0.5, 0.6) is 0 Å². The van der Waals surface area contributed by atoms with Crippen LogP contribution in [-0.4, -0.2) is 65.2 Å². The number of alkyl halides is 6. The van der Waals surface area contributed by atoms with Crippen molar-refractivity contribution in [2.24, 2.45) is 0 Å². The number of unbranched alkanes of at least 4 members (excludes halogenated alkanes) is 3. The van der Waals surface area contributed by atoms with Crippen molar-refractivity contribution in [1.82, 2.24) is 0 Å². The van der Waals surface area contributed by atoms with E-state index in [2.05, 4.69) is 27.9 Å². The van der Waals surface area contributed by atoms with Crippen molar-refractivity contribution in [3.63, 3.8) is 0 Å². The highest BCUT2D eigenvalue weighted by Crippen LogP contribution is 2.47. The maximum absolute atomic E-state index is 13.0. The Morgan fingerprint density at radius 1 is 0.750 bits per heavy atom. The Balaban J connectivity index is 0.000000395. The van der Waals surface area contributed by atoms with Gasteiger partial charge in [-0.25, -0.2) is 16.8 Å². The Labute approximate surface area is 231 Å². The van der Waals surface area contributed by atoms with E-state index in [-0.39, 0.29) is 22.8 Å². The Morgan fingerprint density at radius 2 is 1.32 bits per heavy atom. The van der Waals surface area contributed by atoms with E-state index >= 15 is 0 Å². The molecule has 0 radical (unpaired) electrons. The second-order valence-corrected chi connectivity index (χ2v) is 13.9. The van der Waals surface area contributed by atoms with Gasteiger partial charge in [0.2, 0.25) is 0 Å². The van der Waals surface area contributed by atoms with Gasteiger partial charge in [0.05, 0.1) is 37.8 Å². The summed E-state index contributed by atoms with van der Waals surface area (Å²) in [5.74, 6) is 0. The van der Waals surface area contributed by atoms with Crippen LogP contribution in [0.4, 0.5) is 26.3 Å². The van der Waals surface area contributed by atoms with Gasteiger partial charge in [0.15, 0.2) is 0 Å². The molecule has 1 aromatic rings. The number of fused-ring (bicyclic) bond motifs is 3. The van der Waals surface area contributed by atoms with E-state index in [9.17, 15) is 43.2 Å². The van der Waals surface area contributed by atoms with E-state index in [0.29, 0.717) is 0 Å². The van der Waals surface area contributed by atoms with Gasteiger partial charge in [0.25, 0.3) is 19.7 Å². The maximum atomic E-state index is 13.0. The molecule has 1 N–H and O–H groups in total. The number of rotatable bonds is 9. The van der Waals surface area contributed by atoms with Crippen LogP contribution in [0.2, 0.25) is 0 Å². The zero-order valence-corrected chi connectivity index (χ0v) is 24.2. The molecule has 0 heterocycles. The predicted molar refractivity (Wildman–Crippen MR) is 143 cm³/mol. The number of nitrogens with one attached hydrogen (secondary N) is 1. The van der Waals surface area contributed by atoms with Crippen molar-refractivity contribution in [2.45, 2.75) is 57.0 Å². The van der Waals surface area contributed by atoms with Crippen molar-refractivity contribution >= 4 is 37.0 Å². The van der Waals surface area contributed by atoms with Crippen molar-refractivity contribution in [3.05, 3.63) is 56.9 Å². The van der Waals surface area contributed by atoms with Crippen molar-refractivity contribution < 1.29 is 47.7 Å². The molecule has 2 aliphatic carbocycles. The topological polar surface area (TPSA) is 92.1 Å². The van der Waals surface area contributed by atoms with E-state index in [1.807, 2.05) is 0 Å². The number of nitrogens with zero attached hydrogens (tertiary/aromatic N) is 1. The predicted octanol–water partition coefficient (Wildman–Crippen LogP) is 6.63. The van der Waals surface area contributed by atoms with Gasteiger partial charge in [-0.1, -0.05) is 51.0 Å². The number of allylic oxidation sites excluding steroid dienone is 4. The number of benzene rings is 1. The Kier molecular flexibility index (Phi) is 10.3. The molecule has 0 saturated carbocycles. The molecule has 0 atom stereocenters. The minimum Gasteiger partial charge on any atom is -0.328 e. The lowest BCUT2D eigenvalue weighted by molar-refractivity contribution is -0.890. The number of quaternary nitrogens is 1. The molecule has 6 nitrogen and oxygen atoms in total. The van der Waals surface area contributed by atoms with E-state index in [1.165, 1.54) is 73.9 Å². The van der Waals surface area contributed by atoms with E-state index in [0.717, 1.165) is 6.08 Å². The van der Waals surface area contributed by atoms with Crippen LogP contribution >= 0.6 is 0 Å². The van der Waals surface area contributed by atoms with Gasteiger partial charge < -0.3 is 4.48 Å². The van der Waals surface area contributed by atoms with E-state index in [1.54, 1.807) is 0 Å². The summed E-state index contributed by atoms with van der Waals surface area (Å²) >= 11 is 0. The van der Waals surface area contributed by atoms with E-state index in [4.69, 9.17) is 5.41 Å². The van der Waals surface area contributed by atoms with Gasteiger partial charge in [-0.15, -0.1) is 0 Å². The van der Waals surface area contributed by atoms with Crippen molar-refractivity contribution in [1.29, 1.82) is 5.41 Å². The van der Waals surface area contributed by atoms with Crippen molar-refractivity contribution in [3.8, 4) is 0 Å². The minimum absolute atomic E-state index is 0.153. The molecule has 40 heavy (non-hydrogen) atoms. The fraction of sp³-hybridized carbons (Fsp3) is 0.500. The quantitative estimate of drug-likeness (QED) is 0.192. The molecule has 0 aliphatic heterocycles. The average molecular weight is 616 g/mol. The summed E-state index contributed by atoms with van der Waals surface area (Å²) in [5, 5.41) is 7.82. The lowest BCUT2D eigenvalue weighted by Crippen LogP contribution is -2.40. The third-order valence-corrected chi connectivity index (χ3v) is 9.66. The highest BCUT2D eigenvalue weighted by Gasteiger charge is 2.57. The first-order chi connectivity index (χ1) is 18.2.